The van der Waals surface area contributed by atoms with Crippen LogP contribution in [0.5, 0.6) is 0 Å². The summed E-state index contributed by atoms with van der Waals surface area (Å²) in [6, 6.07) is 0. The second-order valence-electron chi connectivity index (χ2n) is 4.60. The van der Waals surface area contributed by atoms with E-state index in [1.165, 1.54) is 24.3 Å². The molecule has 0 unspecified atom stereocenters. The molecule has 0 radical (unpaired) electrons. The molecule has 0 aromatic rings. The maximum Gasteiger partial charge on any atom is 0.138 e. The predicted molar refractivity (Wildman–Crippen MR) is 66.4 cm³/mol. The minimum Gasteiger partial charge on any atom is -0.262 e. The van der Waals surface area contributed by atoms with E-state index in [9.17, 15) is 0 Å². The van der Waals surface area contributed by atoms with Gasteiger partial charge in [0.15, 0.2) is 0 Å². The standard InChI is InChI=1S/C12H20BN/c1-8(2)10(4)14-12(7-9(3)13)11-5-6-11/h7-8,11H,3,5-6,13H2,1-2,4H3/b12-7-,14-10+. The first kappa shape index (κ1) is 11.3. The molecular formula is C12H20BN. The summed E-state index contributed by atoms with van der Waals surface area (Å²) < 4.78 is 0. The summed E-state index contributed by atoms with van der Waals surface area (Å²) in [7, 11) is 2.03. The molecule has 0 amide bonds. The molecule has 1 rings (SSSR count). The van der Waals surface area contributed by atoms with E-state index in [4.69, 9.17) is 4.99 Å². The molecule has 0 aromatic heterocycles. The maximum atomic E-state index is 4.70. The average Bonchev–Trinajstić information content (AvgIpc) is 2.83. The Hall–Kier alpha value is -0.785. The van der Waals surface area contributed by atoms with Gasteiger partial charge in [-0.05, 0) is 31.8 Å². The first-order valence-corrected chi connectivity index (χ1v) is 5.43. The van der Waals surface area contributed by atoms with E-state index in [2.05, 4.69) is 33.4 Å². The molecule has 0 bridgehead atoms. The van der Waals surface area contributed by atoms with Crippen LogP contribution < -0.4 is 0 Å². The van der Waals surface area contributed by atoms with Crippen molar-refractivity contribution >= 4 is 13.6 Å². The van der Waals surface area contributed by atoms with Crippen molar-refractivity contribution in [3.63, 3.8) is 0 Å². The van der Waals surface area contributed by atoms with Gasteiger partial charge in [-0.25, -0.2) is 0 Å². The molecule has 0 saturated heterocycles. The van der Waals surface area contributed by atoms with Crippen LogP contribution in [0, 0.1) is 11.8 Å². The van der Waals surface area contributed by atoms with E-state index in [-0.39, 0.29) is 0 Å². The van der Waals surface area contributed by atoms with Crippen molar-refractivity contribution in [3.8, 4) is 0 Å². The summed E-state index contributed by atoms with van der Waals surface area (Å²) >= 11 is 0. The number of rotatable bonds is 4. The number of aliphatic imine (C=N–C) groups is 1. The highest BCUT2D eigenvalue weighted by Crippen LogP contribution is 2.37. The first-order valence-electron chi connectivity index (χ1n) is 5.43. The summed E-state index contributed by atoms with van der Waals surface area (Å²) in [6.45, 7) is 10.4. The molecule has 0 aromatic carbocycles. The van der Waals surface area contributed by atoms with Crippen LogP contribution in [0.3, 0.4) is 0 Å². The van der Waals surface area contributed by atoms with E-state index >= 15 is 0 Å². The van der Waals surface area contributed by atoms with Crippen LogP contribution in [0.1, 0.15) is 33.6 Å². The van der Waals surface area contributed by atoms with Crippen molar-refractivity contribution in [3.05, 3.63) is 23.8 Å². The van der Waals surface area contributed by atoms with Gasteiger partial charge in [0.25, 0.3) is 0 Å². The third kappa shape index (κ3) is 3.53. The Morgan fingerprint density at radius 1 is 1.50 bits per heavy atom. The minimum atomic E-state index is 0.544. The van der Waals surface area contributed by atoms with Crippen molar-refractivity contribution < 1.29 is 0 Å². The van der Waals surface area contributed by atoms with Gasteiger partial charge in [0.05, 0.1) is 0 Å². The monoisotopic (exact) mass is 189 g/mol. The highest BCUT2D eigenvalue weighted by atomic mass is 14.8. The Morgan fingerprint density at radius 3 is 2.43 bits per heavy atom. The zero-order chi connectivity index (χ0) is 10.7. The zero-order valence-corrected chi connectivity index (χ0v) is 9.80. The Bertz CT molecular complexity index is 283. The van der Waals surface area contributed by atoms with Gasteiger partial charge in [-0.15, -0.1) is 6.58 Å². The number of hydrogen-bond acceptors (Lipinski definition) is 1. The summed E-state index contributed by atoms with van der Waals surface area (Å²) in [5.41, 5.74) is 3.57. The number of nitrogens with zero attached hydrogens (tertiary/aromatic N) is 1. The lowest BCUT2D eigenvalue weighted by molar-refractivity contribution is 0.863. The fourth-order valence-electron chi connectivity index (χ4n) is 1.21. The van der Waals surface area contributed by atoms with Crippen LogP contribution in [0.2, 0.25) is 0 Å². The molecule has 0 spiro atoms. The summed E-state index contributed by atoms with van der Waals surface area (Å²) in [6.07, 6.45) is 4.73. The fourth-order valence-corrected chi connectivity index (χ4v) is 1.21. The molecule has 1 nitrogen and oxygen atoms in total. The van der Waals surface area contributed by atoms with Crippen LogP contribution in [0.25, 0.3) is 0 Å². The fraction of sp³-hybridized carbons (Fsp3) is 0.583. The van der Waals surface area contributed by atoms with Gasteiger partial charge in [-0.2, -0.15) is 0 Å². The van der Waals surface area contributed by atoms with Gasteiger partial charge in [-0.1, -0.05) is 19.3 Å². The quantitative estimate of drug-likeness (QED) is 0.366. The molecule has 0 heterocycles. The Kier molecular flexibility index (Phi) is 3.73. The summed E-state index contributed by atoms with van der Waals surface area (Å²) in [5, 5.41) is 0. The van der Waals surface area contributed by atoms with Gasteiger partial charge < -0.3 is 0 Å². The molecule has 1 aliphatic rings. The van der Waals surface area contributed by atoms with Crippen LogP contribution in [-0.2, 0) is 0 Å². The number of hydrogen-bond donors (Lipinski definition) is 0. The van der Waals surface area contributed by atoms with Crippen molar-refractivity contribution in [1.82, 2.24) is 0 Å². The Labute approximate surface area is 88.4 Å². The van der Waals surface area contributed by atoms with E-state index < -0.39 is 0 Å². The van der Waals surface area contributed by atoms with Crippen molar-refractivity contribution in [2.24, 2.45) is 16.8 Å². The topological polar surface area (TPSA) is 12.4 Å². The van der Waals surface area contributed by atoms with Gasteiger partial charge >= 0.3 is 0 Å². The Morgan fingerprint density at radius 2 is 2.07 bits per heavy atom. The second kappa shape index (κ2) is 4.63. The first-order chi connectivity index (χ1) is 6.50. The highest BCUT2D eigenvalue weighted by Gasteiger charge is 2.25. The lowest BCUT2D eigenvalue weighted by atomic mass is 9.96. The zero-order valence-electron chi connectivity index (χ0n) is 9.80. The molecule has 0 atom stereocenters. The molecule has 0 N–H and O–H groups in total. The molecule has 0 aliphatic heterocycles. The molecule has 1 aliphatic carbocycles. The maximum absolute atomic E-state index is 4.70. The Balaban J connectivity index is 2.78. The van der Waals surface area contributed by atoms with Crippen molar-refractivity contribution in [1.29, 1.82) is 0 Å². The largest absolute Gasteiger partial charge is 0.262 e. The lowest BCUT2D eigenvalue weighted by Gasteiger charge is -2.06. The summed E-state index contributed by atoms with van der Waals surface area (Å²) in [5.74, 6) is 1.25. The molecule has 1 saturated carbocycles. The molecule has 1 fully saturated rings. The average molecular weight is 189 g/mol. The third-order valence-corrected chi connectivity index (χ3v) is 2.53. The van der Waals surface area contributed by atoms with Crippen molar-refractivity contribution in [2.75, 3.05) is 0 Å². The molecule has 14 heavy (non-hydrogen) atoms. The number of allylic oxidation sites excluding steroid dienone is 3. The van der Waals surface area contributed by atoms with Gasteiger partial charge in [-0.3, -0.25) is 4.99 Å². The predicted octanol–water partition coefficient (Wildman–Crippen LogP) is 2.54. The smallest absolute Gasteiger partial charge is 0.138 e. The van der Waals surface area contributed by atoms with Crippen LogP contribution in [-0.4, -0.2) is 13.6 Å². The summed E-state index contributed by atoms with van der Waals surface area (Å²) in [4.78, 5) is 4.70. The minimum absolute atomic E-state index is 0.544. The van der Waals surface area contributed by atoms with Crippen LogP contribution in [0.15, 0.2) is 28.8 Å². The van der Waals surface area contributed by atoms with Crippen molar-refractivity contribution in [2.45, 2.75) is 33.6 Å². The SMILES string of the molecule is BC(=C)/C=C(\N=C(/C)C(C)C)C1CC1. The molecule has 2 heteroatoms. The van der Waals surface area contributed by atoms with Gasteiger partial charge in [0.1, 0.15) is 7.85 Å². The highest BCUT2D eigenvalue weighted by molar-refractivity contribution is 6.23. The van der Waals surface area contributed by atoms with E-state index in [0.29, 0.717) is 11.8 Å². The molecular weight excluding hydrogens is 169 g/mol. The van der Waals surface area contributed by atoms with E-state index in [1.807, 2.05) is 7.85 Å². The van der Waals surface area contributed by atoms with E-state index in [0.717, 1.165) is 5.47 Å². The van der Waals surface area contributed by atoms with Gasteiger partial charge in [0.2, 0.25) is 0 Å². The third-order valence-electron chi connectivity index (χ3n) is 2.53. The van der Waals surface area contributed by atoms with Gasteiger partial charge in [0, 0.05) is 17.3 Å². The molecule has 76 valence electrons. The lowest BCUT2D eigenvalue weighted by Crippen LogP contribution is -2.02. The van der Waals surface area contributed by atoms with Crippen LogP contribution in [0.4, 0.5) is 0 Å². The van der Waals surface area contributed by atoms with Crippen LogP contribution >= 0.6 is 0 Å². The second-order valence-corrected chi connectivity index (χ2v) is 4.60. The van der Waals surface area contributed by atoms with E-state index in [1.54, 1.807) is 0 Å². The normalized spacial score (nSPS) is 18.9.